The molecule has 2 heterocycles. The van der Waals surface area contributed by atoms with Crippen LogP contribution < -0.4 is 5.73 Å². The average molecular weight is 180 g/mol. The fraction of sp³-hybridized carbons (Fsp3) is 0.667. The zero-order chi connectivity index (χ0) is 9.26. The molecule has 0 saturated heterocycles. The van der Waals surface area contributed by atoms with Crippen LogP contribution in [0, 0.1) is 0 Å². The molecule has 3 N–H and O–H groups in total. The highest BCUT2D eigenvalue weighted by Crippen LogP contribution is 2.15. The van der Waals surface area contributed by atoms with Crippen LogP contribution >= 0.6 is 0 Å². The zero-order valence-corrected chi connectivity index (χ0v) is 8.01. The average Bonchev–Trinajstić information content (AvgIpc) is 2.46. The van der Waals surface area contributed by atoms with Crippen LogP contribution in [0.1, 0.15) is 17.2 Å². The van der Waals surface area contributed by atoms with Crippen LogP contribution in [0.5, 0.6) is 0 Å². The van der Waals surface area contributed by atoms with E-state index in [4.69, 9.17) is 5.73 Å². The van der Waals surface area contributed by atoms with E-state index in [0.717, 1.165) is 31.8 Å². The molecule has 1 aromatic heterocycles. The van der Waals surface area contributed by atoms with Crippen LogP contribution in [0.25, 0.3) is 0 Å². The largest absolute Gasteiger partial charge is 0.345 e. The number of aromatic nitrogens is 2. The third-order valence-electron chi connectivity index (χ3n) is 2.45. The van der Waals surface area contributed by atoms with Gasteiger partial charge in [-0.15, -0.1) is 0 Å². The quantitative estimate of drug-likeness (QED) is 0.668. The van der Waals surface area contributed by atoms with E-state index in [1.165, 1.54) is 11.4 Å². The first kappa shape index (κ1) is 8.72. The minimum Gasteiger partial charge on any atom is -0.345 e. The highest BCUT2D eigenvalue weighted by Gasteiger charge is 2.16. The van der Waals surface area contributed by atoms with Gasteiger partial charge in [0, 0.05) is 25.9 Å². The molecule has 1 aliphatic heterocycles. The molecule has 0 aliphatic carbocycles. The summed E-state index contributed by atoms with van der Waals surface area (Å²) >= 11 is 0. The normalized spacial score (nSPS) is 17.4. The fourth-order valence-electron chi connectivity index (χ4n) is 1.74. The topological polar surface area (TPSA) is 57.9 Å². The molecule has 0 radical (unpaired) electrons. The van der Waals surface area contributed by atoms with E-state index in [0.29, 0.717) is 6.54 Å². The molecule has 0 saturated carbocycles. The predicted octanol–water partition coefficient (Wildman–Crippen LogP) is -0.101. The Balaban J connectivity index is 2.18. The van der Waals surface area contributed by atoms with Gasteiger partial charge in [-0.2, -0.15) is 0 Å². The second kappa shape index (κ2) is 3.47. The van der Waals surface area contributed by atoms with E-state index in [9.17, 15) is 0 Å². The molecule has 0 unspecified atom stereocenters. The molecule has 1 aromatic rings. The summed E-state index contributed by atoms with van der Waals surface area (Å²) in [5.41, 5.74) is 7.99. The van der Waals surface area contributed by atoms with Crippen molar-refractivity contribution >= 4 is 0 Å². The third kappa shape index (κ3) is 1.73. The highest BCUT2D eigenvalue weighted by atomic mass is 15.1. The Morgan fingerprint density at radius 1 is 1.62 bits per heavy atom. The van der Waals surface area contributed by atoms with Gasteiger partial charge in [0.05, 0.1) is 11.4 Å². The molecule has 4 heteroatoms. The molecule has 0 fully saturated rings. The van der Waals surface area contributed by atoms with Crippen molar-refractivity contribution in [2.24, 2.45) is 5.73 Å². The van der Waals surface area contributed by atoms with E-state index < -0.39 is 0 Å². The van der Waals surface area contributed by atoms with Gasteiger partial charge in [-0.25, -0.2) is 4.98 Å². The van der Waals surface area contributed by atoms with Crippen LogP contribution in [0.2, 0.25) is 0 Å². The molecule has 0 spiro atoms. The second-order valence-electron chi connectivity index (χ2n) is 3.64. The Morgan fingerprint density at radius 2 is 2.46 bits per heavy atom. The number of fused-ring (bicyclic) bond motifs is 1. The van der Waals surface area contributed by atoms with Gasteiger partial charge >= 0.3 is 0 Å². The molecule has 72 valence electrons. The van der Waals surface area contributed by atoms with Gasteiger partial charge in [0.2, 0.25) is 0 Å². The molecular weight excluding hydrogens is 164 g/mol. The number of imidazole rings is 1. The lowest BCUT2D eigenvalue weighted by Crippen LogP contribution is -2.26. The highest BCUT2D eigenvalue weighted by molar-refractivity contribution is 5.17. The Morgan fingerprint density at radius 3 is 3.23 bits per heavy atom. The van der Waals surface area contributed by atoms with Crippen molar-refractivity contribution in [2.45, 2.75) is 19.4 Å². The maximum absolute atomic E-state index is 5.48. The lowest BCUT2D eigenvalue weighted by molar-refractivity contribution is 0.307. The number of likely N-dealkylation sites (N-methyl/N-ethyl adjacent to an activating group) is 1. The standard InChI is InChI=1S/C9H16N4/c1-13-5-3-7-8(6-13)12-9(11-7)2-4-10/h2-6,10H2,1H3,(H,11,12). The number of nitrogens with zero attached hydrogens (tertiary/aromatic N) is 2. The lowest BCUT2D eigenvalue weighted by atomic mass is 10.2. The molecule has 0 aromatic carbocycles. The summed E-state index contributed by atoms with van der Waals surface area (Å²) in [6, 6.07) is 0. The summed E-state index contributed by atoms with van der Waals surface area (Å²) in [7, 11) is 2.13. The summed E-state index contributed by atoms with van der Waals surface area (Å²) in [6.07, 6.45) is 1.92. The van der Waals surface area contributed by atoms with Gasteiger partial charge in [0.25, 0.3) is 0 Å². The number of hydrogen-bond donors (Lipinski definition) is 2. The van der Waals surface area contributed by atoms with E-state index in [1.807, 2.05) is 0 Å². The smallest absolute Gasteiger partial charge is 0.107 e. The summed E-state index contributed by atoms with van der Waals surface area (Å²) in [5, 5.41) is 0. The van der Waals surface area contributed by atoms with Crippen LogP contribution in [0.3, 0.4) is 0 Å². The van der Waals surface area contributed by atoms with Crippen molar-refractivity contribution in [1.82, 2.24) is 14.9 Å². The maximum atomic E-state index is 5.48. The van der Waals surface area contributed by atoms with Crippen molar-refractivity contribution < 1.29 is 0 Å². The van der Waals surface area contributed by atoms with Gasteiger partial charge in [0.15, 0.2) is 0 Å². The predicted molar refractivity (Wildman–Crippen MR) is 51.4 cm³/mol. The number of hydrogen-bond acceptors (Lipinski definition) is 3. The van der Waals surface area contributed by atoms with E-state index >= 15 is 0 Å². The SMILES string of the molecule is CN1CCc2nc(CCN)[nH]c2C1. The van der Waals surface area contributed by atoms with Crippen LogP contribution in [-0.2, 0) is 19.4 Å². The first-order valence-corrected chi connectivity index (χ1v) is 4.75. The van der Waals surface area contributed by atoms with E-state index in [-0.39, 0.29) is 0 Å². The molecule has 0 atom stereocenters. The Hall–Kier alpha value is -0.870. The Kier molecular flexibility index (Phi) is 2.33. The zero-order valence-electron chi connectivity index (χ0n) is 8.01. The Labute approximate surface area is 78.1 Å². The number of rotatable bonds is 2. The van der Waals surface area contributed by atoms with Gasteiger partial charge in [-0.3, -0.25) is 0 Å². The monoisotopic (exact) mass is 180 g/mol. The van der Waals surface area contributed by atoms with Crippen molar-refractivity contribution in [3.63, 3.8) is 0 Å². The molecular formula is C9H16N4. The van der Waals surface area contributed by atoms with E-state index in [1.54, 1.807) is 0 Å². The Bertz CT molecular complexity index is 292. The minimum atomic E-state index is 0.669. The summed E-state index contributed by atoms with van der Waals surface area (Å²) < 4.78 is 0. The first-order valence-electron chi connectivity index (χ1n) is 4.75. The number of nitrogens with one attached hydrogen (secondary N) is 1. The number of nitrogens with two attached hydrogens (primary N) is 1. The van der Waals surface area contributed by atoms with Crippen molar-refractivity contribution in [2.75, 3.05) is 20.1 Å². The molecule has 0 bridgehead atoms. The molecule has 13 heavy (non-hydrogen) atoms. The number of H-pyrrole nitrogens is 1. The maximum Gasteiger partial charge on any atom is 0.107 e. The van der Waals surface area contributed by atoms with Crippen molar-refractivity contribution in [3.8, 4) is 0 Å². The molecule has 0 amide bonds. The van der Waals surface area contributed by atoms with E-state index in [2.05, 4.69) is 21.9 Å². The molecule has 1 aliphatic rings. The van der Waals surface area contributed by atoms with Gasteiger partial charge < -0.3 is 15.6 Å². The summed E-state index contributed by atoms with van der Waals surface area (Å²) in [6.45, 7) is 2.77. The van der Waals surface area contributed by atoms with Gasteiger partial charge in [0.1, 0.15) is 5.82 Å². The van der Waals surface area contributed by atoms with Crippen LogP contribution in [0.15, 0.2) is 0 Å². The summed E-state index contributed by atoms with van der Waals surface area (Å²) in [4.78, 5) is 10.1. The van der Waals surface area contributed by atoms with Crippen molar-refractivity contribution in [3.05, 3.63) is 17.2 Å². The fourth-order valence-corrected chi connectivity index (χ4v) is 1.74. The number of aromatic amines is 1. The summed E-state index contributed by atoms with van der Waals surface area (Å²) in [5.74, 6) is 1.04. The van der Waals surface area contributed by atoms with Crippen LogP contribution in [0.4, 0.5) is 0 Å². The van der Waals surface area contributed by atoms with Gasteiger partial charge in [-0.05, 0) is 13.6 Å². The second-order valence-corrected chi connectivity index (χ2v) is 3.64. The first-order chi connectivity index (χ1) is 6.29. The van der Waals surface area contributed by atoms with Crippen LogP contribution in [-0.4, -0.2) is 35.0 Å². The molecule has 4 nitrogen and oxygen atoms in total. The molecule has 2 rings (SSSR count). The minimum absolute atomic E-state index is 0.669. The van der Waals surface area contributed by atoms with Crippen molar-refractivity contribution in [1.29, 1.82) is 0 Å². The lowest BCUT2D eigenvalue weighted by Gasteiger charge is -2.20. The van der Waals surface area contributed by atoms with Gasteiger partial charge in [-0.1, -0.05) is 0 Å². The third-order valence-corrected chi connectivity index (χ3v) is 2.45.